The van der Waals surface area contributed by atoms with Gasteiger partial charge in [0.1, 0.15) is 6.29 Å². The SMILES string of the molecule is COCCOCc1ccc2ccccc2c1/C=C(\C)C=O. The van der Waals surface area contributed by atoms with Crippen LogP contribution < -0.4 is 0 Å². The maximum Gasteiger partial charge on any atom is 0.145 e. The van der Waals surface area contributed by atoms with Crippen LogP contribution in [0.15, 0.2) is 42.0 Å². The van der Waals surface area contributed by atoms with E-state index in [1.54, 1.807) is 7.11 Å². The Morgan fingerprint density at radius 2 is 1.95 bits per heavy atom. The Hall–Kier alpha value is -1.97. The minimum Gasteiger partial charge on any atom is -0.382 e. The van der Waals surface area contributed by atoms with Gasteiger partial charge in [0.2, 0.25) is 0 Å². The first-order valence-electron chi connectivity index (χ1n) is 6.97. The van der Waals surface area contributed by atoms with Crippen LogP contribution in [0.4, 0.5) is 0 Å². The number of carbonyl (C=O) groups is 1. The number of ether oxygens (including phenoxy) is 2. The molecule has 0 amide bonds. The molecule has 0 spiro atoms. The van der Waals surface area contributed by atoms with Gasteiger partial charge in [0.15, 0.2) is 0 Å². The Bertz CT molecular complexity index is 644. The van der Waals surface area contributed by atoms with Gasteiger partial charge < -0.3 is 9.47 Å². The van der Waals surface area contributed by atoms with Crippen molar-refractivity contribution in [1.82, 2.24) is 0 Å². The van der Waals surface area contributed by atoms with E-state index < -0.39 is 0 Å². The van der Waals surface area contributed by atoms with Crippen LogP contribution in [0, 0.1) is 0 Å². The lowest BCUT2D eigenvalue weighted by molar-refractivity contribution is -0.104. The van der Waals surface area contributed by atoms with E-state index in [0.29, 0.717) is 25.4 Å². The van der Waals surface area contributed by atoms with Crippen molar-refractivity contribution in [3.05, 3.63) is 53.1 Å². The lowest BCUT2D eigenvalue weighted by atomic mass is 9.97. The number of benzene rings is 2. The molecule has 0 aliphatic rings. The van der Waals surface area contributed by atoms with Gasteiger partial charge in [0, 0.05) is 7.11 Å². The topological polar surface area (TPSA) is 35.5 Å². The molecule has 0 aliphatic carbocycles. The minimum absolute atomic E-state index is 0.506. The number of allylic oxidation sites excluding steroid dienone is 1. The number of carbonyl (C=O) groups excluding carboxylic acids is 1. The van der Waals surface area contributed by atoms with Crippen LogP contribution in [-0.2, 0) is 20.9 Å². The summed E-state index contributed by atoms with van der Waals surface area (Å²) in [5, 5.41) is 2.29. The summed E-state index contributed by atoms with van der Waals surface area (Å²) in [5.41, 5.74) is 2.82. The minimum atomic E-state index is 0.506. The van der Waals surface area contributed by atoms with E-state index in [4.69, 9.17) is 9.47 Å². The summed E-state index contributed by atoms with van der Waals surface area (Å²) in [6.07, 6.45) is 2.79. The van der Waals surface area contributed by atoms with E-state index in [1.807, 2.05) is 25.1 Å². The summed E-state index contributed by atoms with van der Waals surface area (Å²) in [5.74, 6) is 0. The number of rotatable bonds is 7. The van der Waals surface area contributed by atoms with Crippen molar-refractivity contribution in [1.29, 1.82) is 0 Å². The molecule has 0 radical (unpaired) electrons. The molecule has 0 aliphatic heterocycles. The highest BCUT2D eigenvalue weighted by molar-refractivity contribution is 5.95. The van der Waals surface area contributed by atoms with E-state index >= 15 is 0 Å². The lowest BCUT2D eigenvalue weighted by Gasteiger charge is -2.11. The molecule has 2 rings (SSSR count). The normalized spacial score (nSPS) is 11.8. The Morgan fingerprint density at radius 1 is 1.14 bits per heavy atom. The summed E-state index contributed by atoms with van der Waals surface area (Å²) in [6.45, 7) is 3.45. The largest absolute Gasteiger partial charge is 0.382 e. The molecule has 0 heterocycles. The number of aldehydes is 1. The molecule has 2 aromatic carbocycles. The van der Waals surface area contributed by atoms with Crippen LogP contribution >= 0.6 is 0 Å². The summed E-state index contributed by atoms with van der Waals surface area (Å²) in [4.78, 5) is 10.9. The second-order valence-electron chi connectivity index (χ2n) is 4.91. The van der Waals surface area contributed by atoms with Crippen LogP contribution in [0.1, 0.15) is 18.1 Å². The third-order valence-corrected chi connectivity index (χ3v) is 3.31. The Kier molecular flexibility index (Phi) is 5.67. The van der Waals surface area contributed by atoms with Crippen LogP contribution in [-0.4, -0.2) is 26.6 Å². The molecule has 0 saturated carbocycles. The standard InChI is InChI=1S/C18H20O3/c1-14(12-19)11-18-16(13-21-10-9-20-2)8-7-15-5-3-4-6-17(15)18/h3-8,11-12H,9-10,13H2,1-2H3/b14-11+. The molecule has 110 valence electrons. The quantitative estimate of drug-likeness (QED) is 0.443. The third kappa shape index (κ3) is 4.00. The molecule has 0 saturated heterocycles. The molecular formula is C18H20O3. The zero-order valence-electron chi connectivity index (χ0n) is 12.5. The van der Waals surface area contributed by atoms with Crippen molar-refractivity contribution in [2.45, 2.75) is 13.5 Å². The average Bonchev–Trinajstić information content (AvgIpc) is 2.53. The maximum atomic E-state index is 10.9. The van der Waals surface area contributed by atoms with E-state index in [2.05, 4.69) is 24.3 Å². The monoisotopic (exact) mass is 284 g/mol. The predicted molar refractivity (Wildman–Crippen MR) is 85.2 cm³/mol. The van der Waals surface area contributed by atoms with Crippen LogP contribution in [0.5, 0.6) is 0 Å². The summed E-state index contributed by atoms with van der Waals surface area (Å²) >= 11 is 0. The van der Waals surface area contributed by atoms with Gasteiger partial charge in [-0.3, -0.25) is 4.79 Å². The van der Waals surface area contributed by atoms with Crippen molar-refractivity contribution in [3.63, 3.8) is 0 Å². The third-order valence-electron chi connectivity index (χ3n) is 3.31. The molecule has 3 heteroatoms. The predicted octanol–water partition coefficient (Wildman–Crippen LogP) is 3.61. The molecule has 0 fully saturated rings. The zero-order valence-corrected chi connectivity index (χ0v) is 12.5. The first kappa shape index (κ1) is 15.4. The fraction of sp³-hybridized carbons (Fsp3) is 0.278. The highest BCUT2D eigenvalue weighted by Crippen LogP contribution is 2.25. The number of methoxy groups -OCH3 is 1. The van der Waals surface area contributed by atoms with Crippen molar-refractivity contribution in [2.24, 2.45) is 0 Å². The van der Waals surface area contributed by atoms with Gasteiger partial charge in [-0.1, -0.05) is 36.4 Å². The van der Waals surface area contributed by atoms with E-state index in [0.717, 1.165) is 28.2 Å². The molecular weight excluding hydrogens is 264 g/mol. The van der Waals surface area contributed by atoms with E-state index in [9.17, 15) is 4.79 Å². The molecule has 0 N–H and O–H groups in total. The summed E-state index contributed by atoms with van der Waals surface area (Å²) < 4.78 is 10.6. The average molecular weight is 284 g/mol. The molecule has 3 nitrogen and oxygen atoms in total. The van der Waals surface area contributed by atoms with Crippen molar-refractivity contribution in [3.8, 4) is 0 Å². The van der Waals surface area contributed by atoms with Gasteiger partial charge in [-0.2, -0.15) is 0 Å². The van der Waals surface area contributed by atoms with Crippen molar-refractivity contribution in [2.75, 3.05) is 20.3 Å². The Balaban J connectivity index is 2.39. The van der Waals surface area contributed by atoms with Gasteiger partial charge in [0.05, 0.1) is 19.8 Å². The number of fused-ring (bicyclic) bond motifs is 1. The van der Waals surface area contributed by atoms with Gasteiger partial charge in [0.25, 0.3) is 0 Å². The fourth-order valence-electron chi connectivity index (χ4n) is 2.22. The van der Waals surface area contributed by atoms with Crippen molar-refractivity contribution >= 4 is 23.1 Å². The highest BCUT2D eigenvalue weighted by atomic mass is 16.5. The highest BCUT2D eigenvalue weighted by Gasteiger charge is 2.06. The van der Waals surface area contributed by atoms with Crippen molar-refractivity contribution < 1.29 is 14.3 Å². The second-order valence-corrected chi connectivity index (χ2v) is 4.91. The van der Waals surface area contributed by atoms with Crippen LogP contribution in [0.2, 0.25) is 0 Å². The van der Waals surface area contributed by atoms with E-state index in [-0.39, 0.29) is 0 Å². The molecule has 21 heavy (non-hydrogen) atoms. The fourth-order valence-corrected chi connectivity index (χ4v) is 2.22. The lowest BCUT2D eigenvalue weighted by Crippen LogP contribution is -2.03. The van der Waals surface area contributed by atoms with Gasteiger partial charge in [-0.25, -0.2) is 0 Å². The molecule has 0 unspecified atom stereocenters. The molecule has 0 bridgehead atoms. The number of hydrogen-bond donors (Lipinski definition) is 0. The Labute approximate surface area is 125 Å². The first-order chi connectivity index (χ1) is 10.3. The maximum absolute atomic E-state index is 10.9. The zero-order chi connectivity index (χ0) is 15.1. The summed E-state index contributed by atoms with van der Waals surface area (Å²) in [6, 6.07) is 12.3. The number of hydrogen-bond acceptors (Lipinski definition) is 3. The second kappa shape index (κ2) is 7.72. The smallest absolute Gasteiger partial charge is 0.145 e. The summed E-state index contributed by atoms with van der Waals surface area (Å²) in [7, 11) is 1.65. The molecule has 0 atom stereocenters. The van der Waals surface area contributed by atoms with Crippen LogP contribution in [0.3, 0.4) is 0 Å². The van der Waals surface area contributed by atoms with Gasteiger partial charge in [-0.05, 0) is 40.5 Å². The first-order valence-corrected chi connectivity index (χ1v) is 6.97. The van der Waals surface area contributed by atoms with E-state index in [1.165, 1.54) is 0 Å². The van der Waals surface area contributed by atoms with Gasteiger partial charge >= 0.3 is 0 Å². The van der Waals surface area contributed by atoms with Crippen LogP contribution in [0.25, 0.3) is 16.8 Å². The molecule has 0 aromatic heterocycles. The Morgan fingerprint density at radius 3 is 2.71 bits per heavy atom. The molecule has 2 aromatic rings. The van der Waals surface area contributed by atoms with Gasteiger partial charge in [-0.15, -0.1) is 0 Å².